The largest absolute Gasteiger partial charge is 0.299 e. The molecule has 1 saturated heterocycles. The summed E-state index contributed by atoms with van der Waals surface area (Å²) in [6, 6.07) is 2.55. The number of rotatable bonds is 2. The number of likely N-dealkylation sites (N-methyl/N-ethyl adjacent to an activating group) is 1. The summed E-state index contributed by atoms with van der Waals surface area (Å²) in [4.78, 5) is 2.35. The molecule has 0 bridgehead atoms. The molecule has 0 spiro atoms. The van der Waals surface area contributed by atoms with Crippen LogP contribution in [0.3, 0.4) is 0 Å². The molecule has 13 heavy (non-hydrogen) atoms. The van der Waals surface area contributed by atoms with Crippen LogP contribution in [0.2, 0.25) is 0 Å². The molecule has 0 aromatic carbocycles. The van der Waals surface area contributed by atoms with Crippen molar-refractivity contribution in [3.8, 4) is 6.07 Å². The SMILES string of the molecule is CCN1CC(n2cc(C#N)cn2)C1. The second kappa shape index (κ2) is 3.19. The molecular weight excluding hydrogens is 164 g/mol. The summed E-state index contributed by atoms with van der Waals surface area (Å²) in [5.41, 5.74) is 0.648. The molecule has 0 unspecified atom stereocenters. The second-order valence-electron chi connectivity index (χ2n) is 3.33. The molecule has 0 saturated carbocycles. The Bertz CT molecular complexity index is 330. The van der Waals surface area contributed by atoms with Gasteiger partial charge in [-0.25, -0.2) is 0 Å². The molecule has 2 rings (SSSR count). The normalized spacial score (nSPS) is 18.2. The van der Waals surface area contributed by atoms with E-state index in [2.05, 4.69) is 23.0 Å². The molecule has 0 radical (unpaired) electrons. The first-order chi connectivity index (χ1) is 6.33. The molecular formula is C9H12N4. The minimum Gasteiger partial charge on any atom is -0.299 e. The van der Waals surface area contributed by atoms with Crippen molar-refractivity contribution in [2.45, 2.75) is 13.0 Å². The zero-order valence-corrected chi connectivity index (χ0v) is 7.64. The minimum absolute atomic E-state index is 0.474. The van der Waals surface area contributed by atoms with Crippen molar-refractivity contribution in [2.24, 2.45) is 0 Å². The zero-order chi connectivity index (χ0) is 9.26. The van der Waals surface area contributed by atoms with E-state index in [-0.39, 0.29) is 0 Å². The Morgan fingerprint density at radius 1 is 1.69 bits per heavy atom. The van der Waals surface area contributed by atoms with Crippen molar-refractivity contribution >= 4 is 0 Å². The summed E-state index contributed by atoms with van der Waals surface area (Å²) < 4.78 is 1.89. The van der Waals surface area contributed by atoms with Crippen LogP contribution in [0, 0.1) is 11.3 Å². The standard InChI is InChI=1S/C9H12N4/c1-2-12-6-9(7-12)13-5-8(3-10)4-11-13/h4-5,9H,2,6-7H2,1H3. The molecule has 4 heteroatoms. The third-order valence-electron chi connectivity index (χ3n) is 2.49. The maximum atomic E-state index is 8.61. The minimum atomic E-state index is 0.474. The Balaban J connectivity index is 2.00. The number of hydrogen-bond donors (Lipinski definition) is 0. The zero-order valence-electron chi connectivity index (χ0n) is 7.64. The van der Waals surface area contributed by atoms with Gasteiger partial charge in [0, 0.05) is 19.3 Å². The number of nitriles is 1. The summed E-state index contributed by atoms with van der Waals surface area (Å²) in [5.74, 6) is 0. The van der Waals surface area contributed by atoms with Gasteiger partial charge in [-0.15, -0.1) is 0 Å². The van der Waals surface area contributed by atoms with Gasteiger partial charge in [0.1, 0.15) is 6.07 Å². The van der Waals surface area contributed by atoms with Gasteiger partial charge >= 0.3 is 0 Å². The van der Waals surface area contributed by atoms with Gasteiger partial charge in [-0.3, -0.25) is 9.58 Å². The second-order valence-corrected chi connectivity index (χ2v) is 3.33. The van der Waals surface area contributed by atoms with Crippen molar-refractivity contribution in [2.75, 3.05) is 19.6 Å². The van der Waals surface area contributed by atoms with Crippen LogP contribution in [0.1, 0.15) is 18.5 Å². The molecule has 1 fully saturated rings. The first kappa shape index (κ1) is 8.27. The fourth-order valence-corrected chi connectivity index (χ4v) is 1.56. The Labute approximate surface area is 77.4 Å². The third kappa shape index (κ3) is 1.43. The fourth-order valence-electron chi connectivity index (χ4n) is 1.56. The van der Waals surface area contributed by atoms with Gasteiger partial charge in [0.25, 0.3) is 0 Å². The van der Waals surface area contributed by atoms with E-state index in [0.717, 1.165) is 19.6 Å². The van der Waals surface area contributed by atoms with Crippen LogP contribution in [0.25, 0.3) is 0 Å². The molecule has 0 aliphatic carbocycles. The highest BCUT2D eigenvalue weighted by Gasteiger charge is 2.26. The van der Waals surface area contributed by atoms with Gasteiger partial charge in [-0.05, 0) is 6.54 Å². The van der Waals surface area contributed by atoms with Crippen molar-refractivity contribution in [1.82, 2.24) is 14.7 Å². The Kier molecular flexibility index (Phi) is 2.03. The molecule has 2 heterocycles. The Morgan fingerprint density at radius 2 is 2.46 bits per heavy atom. The lowest BCUT2D eigenvalue weighted by Crippen LogP contribution is -2.47. The van der Waals surface area contributed by atoms with E-state index in [0.29, 0.717) is 11.6 Å². The highest BCUT2D eigenvalue weighted by Crippen LogP contribution is 2.19. The average molecular weight is 176 g/mol. The smallest absolute Gasteiger partial charge is 0.102 e. The molecule has 0 atom stereocenters. The van der Waals surface area contributed by atoms with E-state index < -0.39 is 0 Å². The molecule has 4 nitrogen and oxygen atoms in total. The quantitative estimate of drug-likeness (QED) is 0.664. The van der Waals surface area contributed by atoms with Crippen LogP contribution >= 0.6 is 0 Å². The topological polar surface area (TPSA) is 44.9 Å². The predicted molar refractivity (Wildman–Crippen MR) is 48.1 cm³/mol. The summed E-state index contributed by atoms with van der Waals surface area (Å²) in [7, 11) is 0. The van der Waals surface area contributed by atoms with E-state index >= 15 is 0 Å². The van der Waals surface area contributed by atoms with E-state index in [1.165, 1.54) is 0 Å². The van der Waals surface area contributed by atoms with Gasteiger partial charge in [-0.2, -0.15) is 10.4 Å². The Morgan fingerprint density at radius 3 is 3.00 bits per heavy atom. The first-order valence-electron chi connectivity index (χ1n) is 4.50. The third-order valence-corrected chi connectivity index (χ3v) is 2.49. The number of aromatic nitrogens is 2. The molecule has 1 aliphatic heterocycles. The lowest BCUT2D eigenvalue weighted by Gasteiger charge is -2.38. The summed E-state index contributed by atoms with van der Waals surface area (Å²) in [5, 5.41) is 12.8. The maximum absolute atomic E-state index is 8.61. The van der Waals surface area contributed by atoms with Gasteiger partial charge < -0.3 is 0 Å². The van der Waals surface area contributed by atoms with Crippen molar-refractivity contribution in [1.29, 1.82) is 5.26 Å². The van der Waals surface area contributed by atoms with E-state index in [1.54, 1.807) is 6.20 Å². The highest BCUT2D eigenvalue weighted by molar-refractivity contribution is 5.22. The summed E-state index contributed by atoms with van der Waals surface area (Å²) in [6.07, 6.45) is 3.44. The predicted octanol–water partition coefficient (Wildman–Crippen LogP) is 0.631. The van der Waals surface area contributed by atoms with Gasteiger partial charge in [0.2, 0.25) is 0 Å². The van der Waals surface area contributed by atoms with Gasteiger partial charge in [-0.1, -0.05) is 6.92 Å². The molecule has 0 N–H and O–H groups in total. The number of nitrogens with zero attached hydrogens (tertiary/aromatic N) is 4. The van der Waals surface area contributed by atoms with Crippen molar-refractivity contribution in [3.05, 3.63) is 18.0 Å². The molecule has 68 valence electrons. The molecule has 0 amide bonds. The number of likely N-dealkylation sites (tertiary alicyclic amines) is 1. The first-order valence-corrected chi connectivity index (χ1v) is 4.50. The van der Waals surface area contributed by atoms with Crippen LogP contribution in [-0.4, -0.2) is 34.3 Å². The van der Waals surface area contributed by atoms with Crippen LogP contribution < -0.4 is 0 Å². The summed E-state index contributed by atoms with van der Waals surface area (Å²) in [6.45, 7) is 5.37. The van der Waals surface area contributed by atoms with Crippen LogP contribution in [0.4, 0.5) is 0 Å². The highest BCUT2D eigenvalue weighted by atomic mass is 15.4. The lowest BCUT2D eigenvalue weighted by molar-refractivity contribution is 0.105. The monoisotopic (exact) mass is 176 g/mol. The molecule has 1 aromatic rings. The van der Waals surface area contributed by atoms with Crippen LogP contribution in [-0.2, 0) is 0 Å². The Hall–Kier alpha value is -1.34. The summed E-state index contributed by atoms with van der Waals surface area (Å²) >= 11 is 0. The van der Waals surface area contributed by atoms with Crippen LogP contribution in [0.15, 0.2) is 12.4 Å². The molecule has 1 aromatic heterocycles. The van der Waals surface area contributed by atoms with E-state index in [1.807, 2.05) is 10.9 Å². The van der Waals surface area contributed by atoms with E-state index in [4.69, 9.17) is 5.26 Å². The maximum Gasteiger partial charge on any atom is 0.102 e. The lowest BCUT2D eigenvalue weighted by atomic mass is 10.1. The fraction of sp³-hybridized carbons (Fsp3) is 0.556. The number of hydrogen-bond acceptors (Lipinski definition) is 3. The average Bonchev–Trinajstić information content (AvgIpc) is 2.51. The van der Waals surface area contributed by atoms with Crippen molar-refractivity contribution < 1.29 is 0 Å². The van der Waals surface area contributed by atoms with Crippen LogP contribution in [0.5, 0.6) is 0 Å². The van der Waals surface area contributed by atoms with Gasteiger partial charge in [0.15, 0.2) is 0 Å². The van der Waals surface area contributed by atoms with E-state index in [9.17, 15) is 0 Å². The van der Waals surface area contributed by atoms with Gasteiger partial charge in [0.05, 0.1) is 17.8 Å². The van der Waals surface area contributed by atoms with Crippen molar-refractivity contribution in [3.63, 3.8) is 0 Å². The molecule has 1 aliphatic rings.